The van der Waals surface area contributed by atoms with E-state index in [1.165, 1.54) is 13.2 Å². The van der Waals surface area contributed by atoms with E-state index in [1.807, 2.05) is 12.1 Å². The molecule has 0 radical (unpaired) electrons. The van der Waals surface area contributed by atoms with Crippen LogP contribution in [0.1, 0.15) is 43.4 Å². The Balaban J connectivity index is 1.60. The lowest BCUT2D eigenvalue weighted by atomic mass is 9.74. The van der Waals surface area contributed by atoms with E-state index in [9.17, 15) is 14.7 Å². The van der Waals surface area contributed by atoms with Gasteiger partial charge >= 0.3 is 0 Å². The molecule has 7 nitrogen and oxygen atoms in total. The van der Waals surface area contributed by atoms with Crippen molar-refractivity contribution >= 4 is 11.7 Å². The first-order chi connectivity index (χ1) is 15.5. The number of rotatable bonds is 4. The Hall–Kier alpha value is -3.35. The second kappa shape index (κ2) is 7.97. The maximum absolute atomic E-state index is 13.7. The Morgan fingerprint density at radius 3 is 2.84 bits per heavy atom. The van der Waals surface area contributed by atoms with Crippen molar-refractivity contribution in [3.05, 3.63) is 65.2 Å². The predicted octanol–water partition coefficient (Wildman–Crippen LogP) is 3.54. The number of phenolic OH excluding ortho intramolecular Hbond substituents is 1. The SMILES string of the molecule is COc1cc(C2C3=C(OC4CCC(C)CC4C3=O)C(=O)N2Cc2cccnc2)ccc1O. The van der Waals surface area contributed by atoms with Crippen molar-refractivity contribution in [2.75, 3.05) is 7.11 Å². The quantitative estimate of drug-likeness (QED) is 0.792. The summed E-state index contributed by atoms with van der Waals surface area (Å²) < 4.78 is 11.5. The first kappa shape index (κ1) is 20.5. The minimum Gasteiger partial charge on any atom is -0.504 e. The molecule has 166 valence electrons. The third-order valence-corrected chi connectivity index (χ3v) is 6.80. The number of fused-ring (bicyclic) bond motifs is 1. The zero-order valence-corrected chi connectivity index (χ0v) is 18.2. The summed E-state index contributed by atoms with van der Waals surface area (Å²) in [5.41, 5.74) is 1.97. The molecule has 7 heteroatoms. The number of hydrogen-bond acceptors (Lipinski definition) is 6. The lowest BCUT2D eigenvalue weighted by molar-refractivity contribution is -0.136. The smallest absolute Gasteiger partial charge is 0.290 e. The van der Waals surface area contributed by atoms with Gasteiger partial charge in [-0.3, -0.25) is 14.6 Å². The van der Waals surface area contributed by atoms with E-state index in [2.05, 4.69) is 11.9 Å². The molecule has 2 aliphatic heterocycles. The molecule has 1 aromatic heterocycles. The summed E-state index contributed by atoms with van der Waals surface area (Å²) in [6.45, 7) is 2.44. The molecule has 3 heterocycles. The van der Waals surface area contributed by atoms with Gasteiger partial charge in [-0.25, -0.2) is 0 Å². The van der Waals surface area contributed by atoms with Crippen LogP contribution in [0, 0.1) is 11.8 Å². The summed E-state index contributed by atoms with van der Waals surface area (Å²) in [7, 11) is 1.47. The third kappa shape index (κ3) is 3.32. The number of ether oxygens (including phenoxy) is 2. The zero-order chi connectivity index (χ0) is 22.4. The Morgan fingerprint density at radius 1 is 1.25 bits per heavy atom. The molecule has 1 aromatic carbocycles. The van der Waals surface area contributed by atoms with Gasteiger partial charge in [-0.1, -0.05) is 19.1 Å². The van der Waals surface area contributed by atoms with Gasteiger partial charge in [0, 0.05) is 18.9 Å². The third-order valence-electron chi connectivity index (χ3n) is 6.80. The van der Waals surface area contributed by atoms with Gasteiger partial charge in [0.15, 0.2) is 23.0 Å². The van der Waals surface area contributed by atoms with E-state index in [0.717, 1.165) is 24.8 Å². The molecular weight excluding hydrogens is 408 g/mol. The first-order valence-electron chi connectivity index (χ1n) is 11.0. The number of Topliss-reactive ketones (excluding diaryl/α,β-unsaturated/α-hetero) is 1. The molecule has 2 aromatic rings. The molecule has 1 N–H and O–H groups in total. The number of carbonyl (C=O) groups excluding carboxylic acids is 2. The summed E-state index contributed by atoms with van der Waals surface area (Å²) in [5, 5.41) is 10.1. The van der Waals surface area contributed by atoms with Crippen molar-refractivity contribution in [3.63, 3.8) is 0 Å². The van der Waals surface area contributed by atoms with Crippen LogP contribution < -0.4 is 4.74 Å². The van der Waals surface area contributed by atoms with Crippen LogP contribution in [0.4, 0.5) is 0 Å². The summed E-state index contributed by atoms with van der Waals surface area (Å²) in [5.74, 6) is 0.395. The molecule has 0 spiro atoms. The zero-order valence-electron chi connectivity index (χ0n) is 18.2. The number of phenols is 1. The fraction of sp³-hybridized carbons (Fsp3) is 0.400. The molecule has 0 saturated heterocycles. The molecule has 32 heavy (non-hydrogen) atoms. The first-order valence-corrected chi connectivity index (χ1v) is 11.0. The number of carbonyl (C=O) groups is 2. The number of amides is 1. The highest BCUT2D eigenvalue weighted by molar-refractivity contribution is 6.11. The van der Waals surface area contributed by atoms with Crippen molar-refractivity contribution < 1.29 is 24.2 Å². The van der Waals surface area contributed by atoms with Crippen molar-refractivity contribution in [2.24, 2.45) is 11.8 Å². The molecule has 3 aliphatic rings. The summed E-state index contributed by atoms with van der Waals surface area (Å²) in [4.78, 5) is 33.1. The molecule has 0 bridgehead atoms. The van der Waals surface area contributed by atoms with Crippen LogP contribution >= 0.6 is 0 Å². The number of aromatic nitrogens is 1. The van der Waals surface area contributed by atoms with Crippen LogP contribution in [0.25, 0.3) is 0 Å². The Morgan fingerprint density at radius 2 is 2.09 bits per heavy atom. The second-order valence-corrected chi connectivity index (χ2v) is 8.92. The van der Waals surface area contributed by atoms with E-state index in [-0.39, 0.29) is 41.8 Å². The van der Waals surface area contributed by atoms with Gasteiger partial charge in [0.2, 0.25) is 0 Å². The van der Waals surface area contributed by atoms with E-state index in [0.29, 0.717) is 22.8 Å². The lowest BCUT2D eigenvalue weighted by Crippen LogP contribution is -2.41. The van der Waals surface area contributed by atoms with E-state index in [4.69, 9.17) is 9.47 Å². The molecule has 1 saturated carbocycles. The molecule has 4 atom stereocenters. The molecule has 4 unspecified atom stereocenters. The Labute approximate surface area is 186 Å². The number of aromatic hydroxyl groups is 1. The second-order valence-electron chi connectivity index (χ2n) is 8.92. The van der Waals surface area contributed by atoms with Crippen LogP contribution in [0.5, 0.6) is 11.5 Å². The van der Waals surface area contributed by atoms with Crippen LogP contribution in [0.3, 0.4) is 0 Å². The Bertz CT molecular complexity index is 1100. The fourth-order valence-electron chi connectivity index (χ4n) is 5.19. The number of hydrogen-bond donors (Lipinski definition) is 1. The standard InChI is InChI=1S/C25H26N2O5/c1-14-5-8-19-17(10-14)23(29)21-22(16-6-7-18(28)20(11-16)31-2)27(25(30)24(21)32-19)13-15-4-3-9-26-12-15/h3-4,6-7,9,11-12,14,17,19,22,28H,5,8,10,13H2,1-2H3. The number of pyridine rings is 1. The van der Waals surface area contributed by atoms with E-state index in [1.54, 1.807) is 29.4 Å². The van der Waals surface area contributed by atoms with Crippen molar-refractivity contribution in [1.29, 1.82) is 0 Å². The van der Waals surface area contributed by atoms with Crippen molar-refractivity contribution in [2.45, 2.75) is 44.9 Å². The molecular formula is C25H26N2O5. The van der Waals surface area contributed by atoms with Gasteiger partial charge in [0.05, 0.1) is 24.6 Å². The Kier molecular flexibility index (Phi) is 5.12. The topological polar surface area (TPSA) is 89.0 Å². The summed E-state index contributed by atoms with van der Waals surface area (Å²) in [6.07, 6.45) is 5.69. The highest BCUT2D eigenvalue weighted by atomic mass is 16.5. The molecule has 1 amide bonds. The van der Waals surface area contributed by atoms with Gasteiger partial charge in [-0.2, -0.15) is 0 Å². The summed E-state index contributed by atoms with van der Waals surface area (Å²) in [6, 6.07) is 8.04. The van der Waals surface area contributed by atoms with Crippen LogP contribution in [-0.2, 0) is 20.9 Å². The molecule has 1 aliphatic carbocycles. The lowest BCUT2D eigenvalue weighted by Gasteiger charge is -2.37. The maximum Gasteiger partial charge on any atom is 0.290 e. The minimum atomic E-state index is -0.613. The largest absolute Gasteiger partial charge is 0.504 e. The normalized spacial score (nSPS) is 27.1. The average molecular weight is 434 g/mol. The van der Waals surface area contributed by atoms with Crippen LogP contribution in [-0.4, -0.2) is 39.9 Å². The fourth-order valence-corrected chi connectivity index (χ4v) is 5.19. The van der Waals surface area contributed by atoms with Gasteiger partial charge in [-0.15, -0.1) is 0 Å². The van der Waals surface area contributed by atoms with Gasteiger partial charge in [0.1, 0.15) is 6.10 Å². The van der Waals surface area contributed by atoms with Gasteiger partial charge in [-0.05, 0) is 54.5 Å². The van der Waals surface area contributed by atoms with Crippen LogP contribution in [0.15, 0.2) is 54.1 Å². The maximum atomic E-state index is 13.7. The number of ketones is 1. The van der Waals surface area contributed by atoms with Gasteiger partial charge < -0.3 is 19.5 Å². The van der Waals surface area contributed by atoms with E-state index >= 15 is 0 Å². The molecule has 5 rings (SSSR count). The van der Waals surface area contributed by atoms with Crippen molar-refractivity contribution in [1.82, 2.24) is 9.88 Å². The van der Waals surface area contributed by atoms with Gasteiger partial charge in [0.25, 0.3) is 5.91 Å². The predicted molar refractivity (Wildman–Crippen MR) is 116 cm³/mol. The average Bonchev–Trinajstić information content (AvgIpc) is 3.07. The monoisotopic (exact) mass is 434 g/mol. The van der Waals surface area contributed by atoms with Crippen LogP contribution in [0.2, 0.25) is 0 Å². The van der Waals surface area contributed by atoms with E-state index < -0.39 is 6.04 Å². The molecule has 1 fully saturated rings. The minimum absolute atomic E-state index is 0.000904. The highest BCUT2D eigenvalue weighted by Crippen LogP contribution is 2.48. The number of nitrogens with zero attached hydrogens (tertiary/aromatic N) is 2. The highest BCUT2D eigenvalue weighted by Gasteiger charge is 2.52. The summed E-state index contributed by atoms with van der Waals surface area (Å²) >= 11 is 0. The number of benzene rings is 1. The number of methoxy groups -OCH3 is 1. The van der Waals surface area contributed by atoms with Crippen molar-refractivity contribution in [3.8, 4) is 11.5 Å².